The molecule has 1 heterocycles. The van der Waals surface area contributed by atoms with Crippen molar-refractivity contribution in [1.82, 2.24) is 0 Å². The second kappa shape index (κ2) is 8.89. The van der Waals surface area contributed by atoms with E-state index in [-0.39, 0.29) is 23.7 Å². The maximum Gasteiger partial charge on any atom is 0.286 e. The zero-order valence-electron chi connectivity index (χ0n) is 17.3. The Morgan fingerprint density at radius 2 is 1.84 bits per heavy atom. The number of anilines is 1. The van der Waals surface area contributed by atoms with Crippen molar-refractivity contribution in [2.75, 3.05) is 12.0 Å². The van der Waals surface area contributed by atoms with Crippen LogP contribution in [0.3, 0.4) is 0 Å². The van der Waals surface area contributed by atoms with Gasteiger partial charge in [-0.1, -0.05) is 48.5 Å². The molecular formula is C24H20N2O6. The van der Waals surface area contributed by atoms with Gasteiger partial charge in [-0.2, -0.15) is 0 Å². The van der Waals surface area contributed by atoms with Gasteiger partial charge in [0.1, 0.15) is 18.5 Å². The van der Waals surface area contributed by atoms with Gasteiger partial charge in [-0.05, 0) is 17.2 Å². The number of hydrogen-bond donors (Lipinski definition) is 0. The number of nitro benzene ring substituents is 1. The van der Waals surface area contributed by atoms with Crippen LogP contribution in [0.2, 0.25) is 0 Å². The predicted octanol–water partition coefficient (Wildman–Crippen LogP) is 3.95. The summed E-state index contributed by atoms with van der Waals surface area (Å²) in [5.74, 6) is -0.315. The molecule has 32 heavy (non-hydrogen) atoms. The number of amides is 1. The Labute approximate surface area is 184 Å². The van der Waals surface area contributed by atoms with Crippen LogP contribution in [0.4, 0.5) is 11.4 Å². The summed E-state index contributed by atoms with van der Waals surface area (Å²) in [6, 6.07) is 18.2. The van der Waals surface area contributed by atoms with Crippen LogP contribution in [0.25, 0.3) is 0 Å². The molecule has 4 rings (SSSR count). The molecular weight excluding hydrogens is 412 g/mol. The zero-order chi connectivity index (χ0) is 22.7. The molecule has 0 saturated heterocycles. The number of fused-ring (bicyclic) bond motifs is 1. The molecule has 0 bridgehead atoms. The maximum atomic E-state index is 13.4. The standard InChI is InChI=1S/C24H20N2O6/c1-31-22-12-19(24(28)25-18(14-27)11-17-9-5-6-10-20(17)25)21(26(29)30)13-23(22)32-15-16-7-3-2-4-8-16/h2-10,12-14,18H,11,15H2,1H3/t18-/m0/s1. The minimum atomic E-state index is -0.737. The van der Waals surface area contributed by atoms with Crippen LogP contribution in [0.15, 0.2) is 66.7 Å². The summed E-state index contributed by atoms with van der Waals surface area (Å²) in [7, 11) is 1.39. The lowest BCUT2D eigenvalue weighted by Crippen LogP contribution is -2.39. The fourth-order valence-corrected chi connectivity index (χ4v) is 3.79. The molecule has 0 N–H and O–H groups in total. The summed E-state index contributed by atoms with van der Waals surface area (Å²) in [6.07, 6.45) is 1.03. The molecule has 1 aliphatic rings. The van der Waals surface area contributed by atoms with Crippen molar-refractivity contribution in [3.8, 4) is 11.5 Å². The molecule has 8 heteroatoms. The highest BCUT2D eigenvalue weighted by molar-refractivity contribution is 6.12. The molecule has 0 aromatic heterocycles. The second-order valence-electron chi connectivity index (χ2n) is 7.26. The average Bonchev–Trinajstić information content (AvgIpc) is 3.21. The van der Waals surface area contributed by atoms with Gasteiger partial charge < -0.3 is 14.3 Å². The van der Waals surface area contributed by atoms with Crippen molar-refractivity contribution >= 4 is 23.6 Å². The molecule has 0 saturated carbocycles. The predicted molar refractivity (Wildman–Crippen MR) is 117 cm³/mol. The molecule has 8 nitrogen and oxygen atoms in total. The minimum Gasteiger partial charge on any atom is -0.493 e. The highest BCUT2D eigenvalue weighted by atomic mass is 16.6. The first kappa shape index (κ1) is 21.0. The van der Waals surface area contributed by atoms with Gasteiger partial charge in [0.25, 0.3) is 11.6 Å². The smallest absolute Gasteiger partial charge is 0.286 e. The first-order valence-electron chi connectivity index (χ1n) is 9.93. The molecule has 1 aliphatic heterocycles. The number of nitrogens with zero attached hydrogens (tertiary/aromatic N) is 2. The van der Waals surface area contributed by atoms with Crippen molar-refractivity contribution in [2.45, 2.75) is 19.1 Å². The largest absolute Gasteiger partial charge is 0.493 e. The summed E-state index contributed by atoms with van der Waals surface area (Å²) in [5.41, 5.74) is 1.66. The van der Waals surface area contributed by atoms with Crippen molar-refractivity contribution < 1.29 is 24.0 Å². The van der Waals surface area contributed by atoms with E-state index in [9.17, 15) is 19.7 Å². The van der Waals surface area contributed by atoms with Gasteiger partial charge in [0.15, 0.2) is 11.5 Å². The topological polar surface area (TPSA) is 99.0 Å². The monoisotopic (exact) mass is 432 g/mol. The van der Waals surface area contributed by atoms with Crippen molar-refractivity contribution in [3.63, 3.8) is 0 Å². The van der Waals surface area contributed by atoms with Crippen LogP contribution in [0.1, 0.15) is 21.5 Å². The third-order valence-corrected chi connectivity index (χ3v) is 5.33. The maximum absolute atomic E-state index is 13.4. The van der Waals surface area contributed by atoms with Gasteiger partial charge >= 0.3 is 0 Å². The SMILES string of the molecule is COc1cc(C(=O)N2c3ccccc3C[C@H]2C=O)c([N+](=O)[O-])cc1OCc1ccccc1. The molecule has 0 unspecified atom stereocenters. The van der Waals surface area contributed by atoms with Crippen LogP contribution in [0.5, 0.6) is 11.5 Å². The number of carbonyl (C=O) groups excluding carboxylic acids is 2. The summed E-state index contributed by atoms with van der Waals surface area (Å²) in [6.45, 7) is 0.175. The van der Waals surface area contributed by atoms with E-state index in [0.29, 0.717) is 18.4 Å². The number of para-hydroxylation sites is 1. The van der Waals surface area contributed by atoms with Crippen LogP contribution in [-0.4, -0.2) is 30.3 Å². The summed E-state index contributed by atoms with van der Waals surface area (Å²) in [4.78, 5) is 37.6. The number of benzene rings is 3. The van der Waals surface area contributed by atoms with Gasteiger partial charge in [-0.15, -0.1) is 0 Å². The third-order valence-electron chi connectivity index (χ3n) is 5.33. The number of aldehydes is 1. The molecule has 1 amide bonds. The Kier molecular flexibility index (Phi) is 5.85. The van der Waals surface area contributed by atoms with E-state index in [4.69, 9.17) is 9.47 Å². The van der Waals surface area contributed by atoms with Crippen molar-refractivity contribution in [2.24, 2.45) is 0 Å². The van der Waals surface area contributed by atoms with E-state index < -0.39 is 22.6 Å². The number of hydrogen-bond acceptors (Lipinski definition) is 6. The van der Waals surface area contributed by atoms with Gasteiger partial charge in [0.05, 0.1) is 24.1 Å². The number of methoxy groups -OCH3 is 1. The van der Waals surface area contributed by atoms with E-state index >= 15 is 0 Å². The van der Waals surface area contributed by atoms with Crippen molar-refractivity contribution in [3.05, 3.63) is 93.5 Å². The van der Waals surface area contributed by atoms with E-state index in [2.05, 4.69) is 0 Å². The zero-order valence-corrected chi connectivity index (χ0v) is 17.3. The summed E-state index contributed by atoms with van der Waals surface area (Å²) >= 11 is 0. The highest BCUT2D eigenvalue weighted by Crippen LogP contribution is 2.39. The Morgan fingerprint density at radius 3 is 2.53 bits per heavy atom. The highest BCUT2D eigenvalue weighted by Gasteiger charge is 2.37. The Balaban J connectivity index is 1.73. The van der Waals surface area contributed by atoms with Gasteiger partial charge in [-0.3, -0.25) is 19.8 Å². The molecule has 0 aliphatic carbocycles. The van der Waals surface area contributed by atoms with E-state index in [0.717, 1.165) is 11.1 Å². The third kappa shape index (κ3) is 3.90. The van der Waals surface area contributed by atoms with Gasteiger partial charge in [-0.25, -0.2) is 0 Å². The van der Waals surface area contributed by atoms with Crippen LogP contribution >= 0.6 is 0 Å². The number of rotatable bonds is 7. The molecule has 3 aromatic carbocycles. The molecule has 0 spiro atoms. The summed E-state index contributed by atoms with van der Waals surface area (Å²) < 4.78 is 11.1. The Hall–Kier alpha value is -4.20. The van der Waals surface area contributed by atoms with E-state index in [1.54, 1.807) is 12.1 Å². The van der Waals surface area contributed by atoms with E-state index in [1.807, 2.05) is 42.5 Å². The lowest BCUT2D eigenvalue weighted by Gasteiger charge is -2.22. The molecule has 0 fully saturated rings. The van der Waals surface area contributed by atoms with Crippen LogP contribution in [0, 0.1) is 10.1 Å². The van der Waals surface area contributed by atoms with E-state index in [1.165, 1.54) is 24.1 Å². The average molecular weight is 432 g/mol. The first-order valence-corrected chi connectivity index (χ1v) is 9.93. The molecule has 0 radical (unpaired) electrons. The Bertz CT molecular complexity index is 1180. The Morgan fingerprint density at radius 1 is 1.12 bits per heavy atom. The van der Waals surface area contributed by atoms with Crippen molar-refractivity contribution in [1.29, 1.82) is 0 Å². The number of ether oxygens (including phenoxy) is 2. The lowest BCUT2D eigenvalue weighted by molar-refractivity contribution is -0.385. The van der Waals surface area contributed by atoms with Crippen LogP contribution < -0.4 is 14.4 Å². The first-order chi connectivity index (χ1) is 15.5. The molecule has 1 atom stereocenters. The molecule has 3 aromatic rings. The second-order valence-corrected chi connectivity index (χ2v) is 7.26. The fourth-order valence-electron chi connectivity index (χ4n) is 3.79. The quantitative estimate of drug-likeness (QED) is 0.318. The van der Waals surface area contributed by atoms with Crippen LogP contribution in [-0.2, 0) is 17.8 Å². The molecule has 162 valence electrons. The number of carbonyl (C=O) groups is 2. The normalized spacial score (nSPS) is 14.5. The van der Waals surface area contributed by atoms with Gasteiger partial charge in [0, 0.05) is 18.2 Å². The number of nitro groups is 1. The summed E-state index contributed by atoms with van der Waals surface area (Å²) in [5, 5.41) is 11.8. The van der Waals surface area contributed by atoms with Gasteiger partial charge in [0.2, 0.25) is 0 Å². The fraction of sp³-hybridized carbons (Fsp3) is 0.167. The lowest BCUT2D eigenvalue weighted by atomic mass is 10.1. The minimum absolute atomic E-state index is 0.147.